The predicted octanol–water partition coefficient (Wildman–Crippen LogP) is 1.84. The van der Waals surface area contributed by atoms with E-state index in [-0.39, 0.29) is 17.1 Å². The summed E-state index contributed by atoms with van der Waals surface area (Å²) in [5, 5.41) is 19.3. The number of fused-ring (bicyclic) bond motifs is 1. The van der Waals surface area contributed by atoms with Gasteiger partial charge in [-0.2, -0.15) is 5.26 Å². The van der Waals surface area contributed by atoms with E-state index in [1.54, 1.807) is 23.1 Å². The molecule has 3 aromatic heterocycles. The van der Waals surface area contributed by atoms with E-state index in [2.05, 4.69) is 4.98 Å². The summed E-state index contributed by atoms with van der Waals surface area (Å²) in [6, 6.07) is 7.09. The molecule has 0 saturated carbocycles. The lowest BCUT2D eigenvalue weighted by Crippen LogP contribution is -2.01. The van der Waals surface area contributed by atoms with Crippen LogP contribution in [-0.4, -0.2) is 14.7 Å². The van der Waals surface area contributed by atoms with Crippen molar-refractivity contribution < 1.29 is 9.52 Å². The molecule has 0 unspecified atom stereocenters. The molecule has 0 radical (unpaired) electrons. The lowest BCUT2D eigenvalue weighted by molar-refractivity contribution is 0.473. The fourth-order valence-electron chi connectivity index (χ4n) is 1.98. The van der Waals surface area contributed by atoms with Crippen molar-refractivity contribution in [3.63, 3.8) is 0 Å². The average molecular weight is 254 g/mol. The van der Waals surface area contributed by atoms with Gasteiger partial charge in [-0.1, -0.05) is 0 Å². The normalized spacial score (nSPS) is 10.7. The van der Waals surface area contributed by atoms with E-state index < -0.39 is 0 Å². The number of nitrogens with two attached hydrogens (primary N) is 1. The monoisotopic (exact) mass is 254 g/mol. The maximum absolute atomic E-state index is 9.89. The standard InChI is InChI=1S/C13H10N4O2/c14-5-8-4-10-11(18)7-17(13(10)16-12(8)15)6-9-2-1-3-19-9/h1-4,7,18H,6H2,(H2,15,16). The second kappa shape index (κ2) is 4.07. The topological polar surface area (TPSA) is 101 Å². The molecule has 0 amide bonds. The molecular formula is C13H10N4O2. The molecular weight excluding hydrogens is 244 g/mol. The molecule has 0 fully saturated rings. The molecule has 3 aromatic rings. The summed E-state index contributed by atoms with van der Waals surface area (Å²) in [7, 11) is 0. The van der Waals surface area contributed by atoms with Gasteiger partial charge in [0.15, 0.2) is 0 Å². The Hall–Kier alpha value is -2.94. The molecule has 19 heavy (non-hydrogen) atoms. The van der Waals surface area contributed by atoms with Crippen LogP contribution in [0.3, 0.4) is 0 Å². The van der Waals surface area contributed by atoms with Gasteiger partial charge in [-0.15, -0.1) is 0 Å². The Morgan fingerprint density at radius 3 is 3.05 bits per heavy atom. The molecule has 0 aliphatic rings. The number of nitrogens with zero attached hydrogens (tertiary/aromatic N) is 3. The minimum absolute atomic E-state index is 0.0607. The van der Waals surface area contributed by atoms with Crippen LogP contribution in [0.15, 0.2) is 35.1 Å². The Balaban J connectivity index is 2.16. The average Bonchev–Trinajstić information content (AvgIpc) is 2.99. The van der Waals surface area contributed by atoms with Gasteiger partial charge in [0.05, 0.1) is 23.8 Å². The van der Waals surface area contributed by atoms with Crippen LogP contribution in [0.1, 0.15) is 11.3 Å². The van der Waals surface area contributed by atoms with Crippen molar-refractivity contribution in [2.75, 3.05) is 5.73 Å². The molecule has 94 valence electrons. The molecule has 0 spiro atoms. The molecule has 3 rings (SSSR count). The quantitative estimate of drug-likeness (QED) is 0.726. The largest absolute Gasteiger partial charge is 0.506 e. The van der Waals surface area contributed by atoms with Crippen molar-refractivity contribution in [3.8, 4) is 11.8 Å². The van der Waals surface area contributed by atoms with Gasteiger partial charge in [-0.25, -0.2) is 4.98 Å². The summed E-state index contributed by atoms with van der Waals surface area (Å²) < 4.78 is 6.98. The summed E-state index contributed by atoms with van der Waals surface area (Å²) in [4.78, 5) is 4.16. The molecule has 0 aliphatic carbocycles. The highest BCUT2D eigenvalue weighted by Crippen LogP contribution is 2.28. The summed E-state index contributed by atoms with van der Waals surface area (Å²) in [5.74, 6) is 0.945. The minimum atomic E-state index is 0.0607. The number of hydrogen-bond donors (Lipinski definition) is 2. The van der Waals surface area contributed by atoms with Crippen molar-refractivity contribution in [1.29, 1.82) is 5.26 Å². The van der Waals surface area contributed by atoms with E-state index in [0.29, 0.717) is 17.6 Å². The summed E-state index contributed by atoms with van der Waals surface area (Å²) in [5.41, 5.74) is 6.46. The first-order valence-corrected chi connectivity index (χ1v) is 5.60. The van der Waals surface area contributed by atoms with Crippen LogP contribution >= 0.6 is 0 Å². The number of furan rings is 1. The smallest absolute Gasteiger partial charge is 0.146 e. The van der Waals surface area contributed by atoms with Crippen LogP contribution in [0.25, 0.3) is 11.0 Å². The number of anilines is 1. The summed E-state index contributed by atoms with van der Waals surface area (Å²) >= 11 is 0. The number of rotatable bonds is 2. The zero-order valence-electron chi connectivity index (χ0n) is 9.87. The molecule has 0 saturated heterocycles. The Labute approximate surface area is 108 Å². The Bertz CT molecular complexity index is 781. The lowest BCUT2D eigenvalue weighted by atomic mass is 10.2. The number of nitrogen functional groups attached to an aromatic ring is 1. The van der Waals surface area contributed by atoms with Gasteiger partial charge in [0.2, 0.25) is 0 Å². The second-order valence-corrected chi connectivity index (χ2v) is 4.13. The lowest BCUT2D eigenvalue weighted by Gasteiger charge is -2.03. The highest BCUT2D eigenvalue weighted by molar-refractivity contribution is 5.86. The first kappa shape index (κ1) is 11.2. The number of hydrogen-bond acceptors (Lipinski definition) is 5. The minimum Gasteiger partial charge on any atom is -0.506 e. The third-order valence-corrected chi connectivity index (χ3v) is 2.88. The maximum Gasteiger partial charge on any atom is 0.146 e. The summed E-state index contributed by atoms with van der Waals surface area (Å²) in [6.07, 6.45) is 3.12. The first-order valence-electron chi connectivity index (χ1n) is 5.60. The number of aromatic nitrogens is 2. The number of aromatic hydroxyl groups is 1. The van der Waals surface area contributed by atoms with Gasteiger partial charge < -0.3 is 19.8 Å². The molecule has 3 N–H and O–H groups in total. The van der Waals surface area contributed by atoms with E-state index in [1.807, 2.05) is 12.1 Å². The Kier molecular flexibility index (Phi) is 2.39. The van der Waals surface area contributed by atoms with Crippen LogP contribution in [-0.2, 0) is 6.54 Å². The zero-order valence-corrected chi connectivity index (χ0v) is 9.87. The first-order chi connectivity index (χ1) is 9.19. The van der Waals surface area contributed by atoms with Crippen LogP contribution in [0.2, 0.25) is 0 Å². The van der Waals surface area contributed by atoms with Gasteiger partial charge in [0.25, 0.3) is 0 Å². The SMILES string of the molecule is N#Cc1cc2c(O)cn(Cc3ccco3)c2nc1N. The Morgan fingerprint density at radius 1 is 1.53 bits per heavy atom. The molecule has 3 heterocycles. The van der Waals surface area contributed by atoms with E-state index >= 15 is 0 Å². The van der Waals surface area contributed by atoms with Crippen LogP contribution in [0, 0.1) is 11.3 Å². The fourth-order valence-corrected chi connectivity index (χ4v) is 1.98. The molecule has 0 atom stereocenters. The van der Waals surface area contributed by atoms with E-state index in [0.717, 1.165) is 5.76 Å². The number of pyridine rings is 1. The summed E-state index contributed by atoms with van der Waals surface area (Å²) in [6.45, 7) is 0.433. The molecule has 6 heteroatoms. The third kappa shape index (κ3) is 1.77. The predicted molar refractivity (Wildman–Crippen MR) is 68.3 cm³/mol. The van der Waals surface area contributed by atoms with Crippen LogP contribution < -0.4 is 5.73 Å². The van der Waals surface area contributed by atoms with Crippen molar-refractivity contribution in [1.82, 2.24) is 9.55 Å². The van der Waals surface area contributed by atoms with E-state index in [1.165, 1.54) is 6.07 Å². The van der Waals surface area contributed by atoms with Crippen molar-refractivity contribution in [2.24, 2.45) is 0 Å². The Morgan fingerprint density at radius 2 is 2.37 bits per heavy atom. The van der Waals surface area contributed by atoms with E-state index in [4.69, 9.17) is 15.4 Å². The van der Waals surface area contributed by atoms with Crippen molar-refractivity contribution in [2.45, 2.75) is 6.54 Å². The zero-order chi connectivity index (χ0) is 13.4. The van der Waals surface area contributed by atoms with Gasteiger partial charge in [-0.3, -0.25) is 0 Å². The van der Waals surface area contributed by atoms with Crippen molar-refractivity contribution >= 4 is 16.9 Å². The van der Waals surface area contributed by atoms with E-state index in [9.17, 15) is 5.11 Å². The number of nitriles is 1. The molecule has 0 aliphatic heterocycles. The highest BCUT2D eigenvalue weighted by atomic mass is 16.3. The molecule has 0 bridgehead atoms. The van der Waals surface area contributed by atoms with Gasteiger partial charge in [0, 0.05) is 6.20 Å². The van der Waals surface area contributed by atoms with Gasteiger partial charge in [0.1, 0.15) is 29.0 Å². The fraction of sp³-hybridized carbons (Fsp3) is 0.0769. The van der Waals surface area contributed by atoms with Crippen LogP contribution in [0.4, 0.5) is 5.82 Å². The molecule has 6 nitrogen and oxygen atoms in total. The maximum atomic E-state index is 9.89. The van der Waals surface area contributed by atoms with Crippen molar-refractivity contribution in [3.05, 3.63) is 42.0 Å². The third-order valence-electron chi connectivity index (χ3n) is 2.88. The van der Waals surface area contributed by atoms with Gasteiger partial charge >= 0.3 is 0 Å². The second-order valence-electron chi connectivity index (χ2n) is 4.13. The van der Waals surface area contributed by atoms with Crippen LogP contribution in [0.5, 0.6) is 5.75 Å². The highest BCUT2D eigenvalue weighted by Gasteiger charge is 2.13. The van der Waals surface area contributed by atoms with Gasteiger partial charge in [-0.05, 0) is 18.2 Å². The molecule has 0 aromatic carbocycles.